The minimum absolute atomic E-state index is 0.293. The third kappa shape index (κ3) is 15.9. The highest BCUT2D eigenvalue weighted by atomic mass is 16.3. The molecule has 1 aromatic rings. The van der Waals surface area contributed by atoms with Crippen LogP contribution in [0.25, 0.3) is 0 Å². The quantitative estimate of drug-likeness (QED) is 0.242. The van der Waals surface area contributed by atoms with Gasteiger partial charge in [0.05, 0.1) is 6.10 Å². The first-order valence-corrected chi connectivity index (χ1v) is 11.9. The molecule has 0 spiro atoms. The minimum Gasteiger partial charge on any atom is -0.392 e. The summed E-state index contributed by atoms with van der Waals surface area (Å²) in [6.07, 6.45) is 24.9. The number of benzene rings is 1. The number of unbranched alkanes of at least 4 members (excludes halogenated alkanes) is 15. The van der Waals surface area contributed by atoms with E-state index in [0.717, 1.165) is 18.4 Å². The summed E-state index contributed by atoms with van der Waals surface area (Å²) in [5, 5.41) is 10.1. The van der Waals surface area contributed by atoms with Gasteiger partial charge in [0.15, 0.2) is 0 Å². The summed E-state index contributed by atoms with van der Waals surface area (Å²) < 4.78 is 0. The second-order valence-electron chi connectivity index (χ2n) is 8.24. The number of rotatable bonds is 19. The maximum Gasteiger partial charge on any atom is 0.0615 e. The molecule has 1 unspecified atom stereocenters. The number of aliphatic hydroxyl groups is 1. The molecule has 0 bridgehead atoms. The van der Waals surface area contributed by atoms with E-state index in [0.29, 0.717) is 0 Å². The van der Waals surface area contributed by atoms with Gasteiger partial charge in [0.25, 0.3) is 0 Å². The molecule has 0 aliphatic heterocycles. The van der Waals surface area contributed by atoms with Gasteiger partial charge in [0.2, 0.25) is 0 Å². The highest BCUT2D eigenvalue weighted by Crippen LogP contribution is 2.15. The minimum atomic E-state index is -0.293. The summed E-state index contributed by atoms with van der Waals surface area (Å²) in [6, 6.07) is 10.2. The Hall–Kier alpha value is -0.820. The van der Waals surface area contributed by atoms with Crippen LogP contribution in [0.5, 0.6) is 0 Å². The predicted molar refractivity (Wildman–Crippen MR) is 120 cm³/mol. The third-order valence-corrected chi connectivity index (χ3v) is 5.54. The van der Waals surface area contributed by atoms with Crippen molar-refractivity contribution in [1.29, 1.82) is 0 Å². The van der Waals surface area contributed by atoms with Gasteiger partial charge in [0.1, 0.15) is 0 Å². The molecule has 1 atom stereocenters. The fourth-order valence-electron chi connectivity index (χ4n) is 3.77. The summed E-state index contributed by atoms with van der Waals surface area (Å²) in [5.41, 5.74) is 1.13. The van der Waals surface area contributed by atoms with Gasteiger partial charge >= 0.3 is 0 Å². The monoisotopic (exact) mass is 373 g/mol. The first-order chi connectivity index (χ1) is 13.3. The molecule has 0 aromatic heterocycles. The van der Waals surface area contributed by atoms with E-state index in [4.69, 9.17) is 0 Å². The van der Waals surface area contributed by atoms with Gasteiger partial charge in [-0.05, 0) is 12.0 Å². The van der Waals surface area contributed by atoms with Gasteiger partial charge in [-0.3, -0.25) is 0 Å². The van der Waals surface area contributed by atoms with Gasteiger partial charge in [-0.2, -0.15) is 0 Å². The van der Waals surface area contributed by atoms with E-state index in [1.54, 1.807) is 0 Å². The van der Waals surface area contributed by atoms with E-state index in [2.05, 4.69) is 19.1 Å². The van der Waals surface area contributed by atoms with Crippen LogP contribution in [-0.2, 0) is 0 Å². The van der Waals surface area contributed by atoms with Crippen molar-refractivity contribution in [2.24, 2.45) is 0 Å². The number of hydrogen-bond donors (Lipinski definition) is 1. The Labute approximate surface area is 170 Å². The van der Waals surface area contributed by atoms with Crippen LogP contribution >= 0.6 is 0 Å². The summed E-state index contributed by atoms with van der Waals surface area (Å²) in [5.74, 6) is 0. The molecule has 0 aliphatic carbocycles. The van der Waals surface area contributed by atoms with Gasteiger partial charge in [-0.1, -0.05) is 140 Å². The molecule has 1 N–H and O–H groups in total. The molecular weight excluding hydrogens is 328 g/mol. The summed E-state index contributed by atoms with van der Waals surface area (Å²) in [4.78, 5) is 0. The molecule has 1 aromatic carbocycles. The average molecular weight is 374 g/mol. The van der Waals surface area contributed by atoms with Crippen LogP contribution < -0.4 is 0 Å². The van der Waals surface area contributed by atoms with E-state index in [1.165, 1.54) is 96.3 Å². The molecule has 0 aliphatic rings. The largest absolute Gasteiger partial charge is 0.392 e. The predicted octanol–water partition coefficient (Wildman–Crippen LogP) is 8.25. The molecule has 0 fully saturated rings. The Morgan fingerprint density at radius 2 is 1.04 bits per heavy atom. The van der Waals surface area contributed by atoms with Crippen molar-refractivity contribution in [2.45, 2.75) is 122 Å². The lowest BCUT2D eigenvalue weighted by Gasteiger charge is -2.10. The molecule has 155 valence electrons. The van der Waals surface area contributed by atoms with E-state index >= 15 is 0 Å². The summed E-state index contributed by atoms with van der Waals surface area (Å²) in [6.45, 7) is 2.29. The Balaban J connectivity index is 1.75. The topological polar surface area (TPSA) is 20.2 Å². The highest BCUT2D eigenvalue weighted by molar-refractivity contribution is 5.23. The molecule has 0 saturated heterocycles. The molecule has 1 rings (SSSR count). The van der Waals surface area contributed by atoms with E-state index in [-0.39, 0.29) is 6.10 Å². The van der Waals surface area contributed by atoms with Crippen molar-refractivity contribution in [3.63, 3.8) is 0 Å². The molecule has 0 heterocycles. The zero-order valence-electron chi connectivity index (χ0n) is 18.0. The van der Waals surface area contributed by atoms with Gasteiger partial charge < -0.3 is 5.11 Å². The zero-order valence-corrected chi connectivity index (χ0v) is 18.0. The lowest BCUT2D eigenvalue weighted by atomic mass is 10.0. The van der Waals surface area contributed by atoms with Crippen molar-refractivity contribution >= 4 is 0 Å². The molecule has 1 radical (unpaired) electrons. The van der Waals surface area contributed by atoms with Crippen LogP contribution in [0.4, 0.5) is 0 Å². The zero-order chi connectivity index (χ0) is 19.4. The van der Waals surface area contributed by atoms with Crippen LogP contribution in [0.2, 0.25) is 0 Å². The molecule has 0 saturated carbocycles. The van der Waals surface area contributed by atoms with Gasteiger partial charge in [-0.15, -0.1) is 0 Å². The van der Waals surface area contributed by atoms with E-state index in [1.807, 2.05) is 24.6 Å². The second-order valence-corrected chi connectivity index (χ2v) is 8.24. The fraction of sp³-hybridized carbons (Fsp3) is 0.731. The molecule has 1 heteroatoms. The smallest absolute Gasteiger partial charge is 0.0615 e. The highest BCUT2D eigenvalue weighted by Gasteiger charge is 2.05. The van der Waals surface area contributed by atoms with Crippen LogP contribution in [0.3, 0.4) is 0 Å². The van der Waals surface area contributed by atoms with Crippen molar-refractivity contribution in [2.75, 3.05) is 0 Å². The van der Waals surface area contributed by atoms with Crippen LogP contribution in [0, 0.1) is 6.42 Å². The lowest BCUT2D eigenvalue weighted by Crippen LogP contribution is -2.07. The maximum atomic E-state index is 10.1. The van der Waals surface area contributed by atoms with Crippen molar-refractivity contribution in [3.8, 4) is 0 Å². The van der Waals surface area contributed by atoms with Gasteiger partial charge in [-0.25, -0.2) is 0 Å². The molecule has 27 heavy (non-hydrogen) atoms. The standard InChI is InChI=1S/C26H45O/c1-2-3-4-5-6-7-8-9-10-11-12-13-14-15-16-20-23-26(27)24-25-21-18-17-19-22-25/h17-19,21-22,24,26-27H,2-16,20,23H2,1H3. The Bertz CT molecular complexity index is 400. The number of hydrogen-bond acceptors (Lipinski definition) is 1. The number of aliphatic hydroxyl groups excluding tert-OH is 1. The first-order valence-electron chi connectivity index (χ1n) is 11.9. The fourth-order valence-corrected chi connectivity index (χ4v) is 3.77. The molecule has 1 nitrogen and oxygen atoms in total. The van der Waals surface area contributed by atoms with Crippen LogP contribution in [-0.4, -0.2) is 11.2 Å². The normalized spacial score (nSPS) is 12.4. The summed E-state index contributed by atoms with van der Waals surface area (Å²) >= 11 is 0. The third-order valence-electron chi connectivity index (χ3n) is 5.54. The van der Waals surface area contributed by atoms with Crippen molar-refractivity contribution in [3.05, 3.63) is 42.3 Å². The van der Waals surface area contributed by atoms with Crippen LogP contribution in [0.1, 0.15) is 122 Å². The van der Waals surface area contributed by atoms with Crippen molar-refractivity contribution < 1.29 is 5.11 Å². The Morgan fingerprint density at radius 1 is 0.630 bits per heavy atom. The van der Waals surface area contributed by atoms with Crippen LogP contribution in [0.15, 0.2) is 30.3 Å². The Kier molecular flexibility index (Phi) is 16.6. The maximum absolute atomic E-state index is 10.1. The first kappa shape index (κ1) is 24.2. The summed E-state index contributed by atoms with van der Waals surface area (Å²) in [7, 11) is 0. The SMILES string of the molecule is CCCCCCCCCCCCCCCCCCC(O)[CH]c1ccccc1. The average Bonchev–Trinajstić information content (AvgIpc) is 2.68. The van der Waals surface area contributed by atoms with E-state index in [9.17, 15) is 5.11 Å². The van der Waals surface area contributed by atoms with Gasteiger partial charge in [0, 0.05) is 6.42 Å². The van der Waals surface area contributed by atoms with Crippen molar-refractivity contribution in [1.82, 2.24) is 0 Å². The Morgan fingerprint density at radius 3 is 1.48 bits per heavy atom. The lowest BCUT2D eigenvalue weighted by molar-refractivity contribution is 0.195. The molecular formula is C26H45O. The molecule has 0 amide bonds. The van der Waals surface area contributed by atoms with E-state index < -0.39 is 0 Å². The second kappa shape index (κ2) is 18.5.